The smallest absolute Gasteiger partial charge is 0.342 e. The number of allylic oxidation sites excluding steroid dienone is 1. The van der Waals surface area contributed by atoms with Crippen molar-refractivity contribution in [2.75, 3.05) is 25.2 Å². The van der Waals surface area contributed by atoms with Gasteiger partial charge in [0.1, 0.15) is 11.3 Å². The average molecular weight is 379 g/mol. The summed E-state index contributed by atoms with van der Waals surface area (Å²) in [7, 11) is 1.94. The van der Waals surface area contributed by atoms with E-state index in [0.717, 1.165) is 11.4 Å². The highest BCUT2D eigenvalue weighted by atomic mass is 16.5. The number of anilines is 1. The highest BCUT2D eigenvalue weighted by Gasteiger charge is 2.38. The van der Waals surface area contributed by atoms with Gasteiger partial charge < -0.3 is 14.4 Å². The summed E-state index contributed by atoms with van der Waals surface area (Å²) < 4.78 is 10.7. The first-order chi connectivity index (χ1) is 13.4. The molecule has 5 heteroatoms. The number of carbonyl (C=O) groups excluding carboxylic acids is 2. The van der Waals surface area contributed by atoms with E-state index < -0.39 is 5.97 Å². The highest BCUT2D eigenvalue weighted by molar-refractivity contribution is 5.97. The van der Waals surface area contributed by atoms with Gasteiger partial charge in [0.05, 0.1) is 6.61 Å². The Morgan fingerprint density at radius 3 is 2.46 bits per heavy atom. The van der Waals surface area contributed by atoms with Crippen LogP contribution in [0.1, 0.15) is 36.7 Å². The monoisotopic (exact) mass is 379 g/mol. The molecule has 1 aliphatic rings. The Kier molecular flexibility index (Phi) is 5.54. The second-order valence-electron chi connectivity index (χ2n) is 7.20. The van der Waals surface area contributed by atoms with Crippen molar-refractivity contribution < 1.29 is 19.1 Å². The average Bonchev–Trinajstić information content (AvgIpc) is 2.88. The molecule has 28 heavy (non-hydrogen) atoms. The number of para-hydroxylation sites is 2. The fourth-order valence-electron chi connectivity index (χ4n) is 3.58. The minimum absolute atomic E-state index is 0.259. The van der Waals surface area contributed by atoms with Gasteiger partial charge in [0.15, 0.2) is 12.4 Å². The van der Waals surface area contributed by atoms with Gasteiger partial charge in [-0.15, -0.1) is 0 Å². The standard InChI is InChI=1S/C23H25NO4/c1-5-27-20-13-9-6-10-17(20)22(26)28-15-16(25)14-21-23(2,3)18-11-7-8-12-19(18)24(21)4/h6-14H,5,15H2,1-4H3. The van der Waals surface area contributed by atoms with Crippen LogP contribution >= 0.6 is 0 Å². The van der Waals surface area contributed by atoms with Gasteiger partial charge in [-0.05, 0) is 30.7 Å². The van der Waals surface area contributed by atoms with Crippen molar-refractivity contribution in [1.29, 1.82) is 0 Å². The van der Waals surface area contributed by atoms with E-state index in [1.54, 1.807) is 30.3 Å². The maximum atomic E-state index is 12.5. The van der Waals surface area contributed by atoms with Gasteiger partial charge in [-0.25, -0.2) is 4.79 Å². The van der Waals surface area contributed by atoms with Crippen LogP contribution in [-0.2, 0) is 14.9 Å². The number of hydrogen-bond acceptors (Lipinski definition) is 5. The summed E-state index contributed by atoms with van der Waals surface area (Å²) in [5, 5.41) is 0. The Balaban J connectivity index is 1.72. The van der Waals surface area contributed by atoms with Gasteiger partial charge >= 0.3 is 5.97 Å². The molecule has 0 spiro atoms. The minimum atomic E-state index is -0.571. The van der Waals surface area contributed by atoms with Crippen LogP contribution < -0.4 is 9.64 Å². The van der Waals surface area contributed by atoms with Crippen molar-refractivity contribution in [1.82, 2.24) is 0 Å². The van der Waals surface area contributed by atoms with E-state index in [4.69, 9.17) is 9.47 Å². The molecule has 0 aromatic heterocycles. The van der Waals surface area contributed by atoms with Crippen molar-refractivity contribution in [3.05, 3.63) is 71.4 Å². The molecule has 0 saturated heterocycles. The lowest BCUT2D eigenvalue weighted by Crippen LogP contribution is -2.25. The second kappa shape index (κ2) is 7.89. The summed E-state index contributed by atoms with van der Waals surface area (Å²) in [6, 6.07) is 14.9. The van der Waals surface area contributed by atoms with Gasteiger partial charge in [-0.2, -0.15) is 0 Å². The normalized spacial score (nSPS) is 16.0. The molecule has 3 rings (SSSR count). The predicted octanol–water partition coefficient (Wildman–Crippen LogP) is 4.12. The highest BCUT2D eigenvalue weighted by Crippen LogP contribution is 2.46. The molecule has 0 aliphatic carbocycles. The van der Waals surface area contributed by atoms with Crippen LogP contribution in [0.4, 0.5) is 5.69 Å². The number of ether oxygens (including phenoxy) is 2. The Bertz CT molecular complexity index is 930. The van der Waals surface area contributed by atoms with Gasteiger partial charge in [-0.1, -0.05) is 44.2 Å². The van der Waals surface area contributed by atoms with E-state index in [-0.39, 0.29) is 17.8 Å². The van der Waals surface area contributed by atoms with Crippen molar-refractivity contribution >= 4 is 17.4 Å². The topological polar surface area (TPSA) is 55.8 Å². The summed E-state index contributed by atoms with van der Waals surface area (Å²) >= 11 is 0. The van der Waals surface area contributed by atoms with Gasteiger partial charge in [0.2, 0.25) is 0 Å². The molecule has 0 saturated carbocycles. The van der Waals surface area contributed by atoms with Crippen LogP contribution in [0.3, 0.4) is 0 Å². The first kappa shape index (κ1) is 19.7. The van der Waals surface area contributed by atoms with Crippen LogP contribution in [0.2, 0.25) is 0 Å². The largest absolute Gasteiger partial charge is 0.493 e. The Morgan fingerprint density at radius 1 is 1.07 bits per heavy atom. The van der Waals surface area contributed by atoms with E-state index in [0.29, 0.717) is 17.9 Å². The third-order valence-electron chi connectivity index (χ3n) is 4.99. The number of likely N-dealkylation sites (N-methyl/N-ethyl adjacent to an activating group) is 1. The lowest BCUT2D eigenvalue weighted by Gasteiger charge is -2.23. The quantitative estimate of drug-likeness (QED) is 0.558. The molecule has 0 N–H and O–H groups in total. The number of esters is 1. The molecule has 2 aromatic carbocycles. The predicted molar refractivity (Wildman–Crippen MR) is 109 cm³/mol. The summed E-state index contributed by atoms with van der Waals surface area (Å²) in [6.45, 7) is 6.13. The molecule has 0 unspecified atom stereocenters. The molecule has 0 fully saturated rings. The molecule has 0 amide bonds. The molecular weight excluding hydrogens is 354 g/mol. The number of ketones is 1. The number of rotatable bonds is 6. The zero-order valence-corrected chi connectivity index (χ0v) is 16.7. The third-order valence-corrected chi connectivity index (χ3v) is 4.99. The molecule has 2 aromatic rings. The van der Waals surface area contributed by atoms with Crippen LogP contribution in [0, 0.1) is 0 Å². The molecule has 5 nitrogen and oxygen atoms in total. The van der Waals surface area contributed by atoms with E-state index in [1.807, 2.05) is 37.1 Å². The van der Waals surface area contributed by atoms with E-state index in [2.05, 4.69) is 19.9 Å². The lowest BCUT2D eigenvalue weighted by molar-refractivity contribution is -0.117. The zero-order chi connectivity index (χ0) is 20.3. The molecule has 146 valence electrons. The summed E-state index contributed by atoms with van der Waals surface area (Å²) in [4.78, 5) is 26.9. The van der Waals surface area contributed by atoms with Gasteiger partial charge in [-0.3, -0.25) is 4.79 Å². The zero-order valence-electron chi connectivity index (χ0n) is 16.7. The van der Waals surface area contributed by atoms with Crippen LogP contribution in [0.25, 0.3) is 0 Å². The van der Waals surface area contributed by atoms with Crippen molar-refractivity contribution in [3.63, 3.8) is 0 Å². The summed E-state index contributed by atoms with van der Waals surface area (Å²) in [5.41, 5.74) is 3.14. The van der Waals surface area contributed by atoms with Crippen molar-refractivity contribution in [2.45, 2.75) is 26.2 Å². The Morgan fingerprint density at radius 2 is 1.75 bits per heavy atom. The fourth-order valence-corrected chi connectivity index (χ4v) is 3.58. The fraction of sp³-hybridized carbons (Fsp3) is 0.304. The van der Waals surface area contributed by atoms with Crippen molar-refractivity contribution in [3.8, 4) is 5.75 Å². The first-order valence-electron chi connectivity index (χ1n) is 9.33. The van der Waals surface area contributed by atoms with Crippen LogP contribution in [-0.4, -0.2) is 32.0 Å². The van der Waals surface area contributed by atoms with Crippen LogP contribution in [0.15, 0.2) is 60.3 Å². The number of nitrogens with zero attached hydrogens (tertiary/aromatic N) is 1. The van der Waals surface area contributed by atoms with Gasteiger partial charge in [0, 0.05) is 29.9 Å². The van der Waals surface area contributed by atoms with E-state index in [1.165, 1.54) is 5.56 Å². The molecule has 0 atom stereocenters. The molecule has 1 aliphatic heterocycles. The number of hydrogen-bond donors (Lipinski definition) is 0. The van der Waals surface area contributed by atoms with Crippen molar-refractivity contribution in [2.24, 2.45) is 0 Å². The SMILES string of the molecule is CCOc1ccccc1C(=O)OCC(=O)C=C1N(C)c2ccccc2C1(C)C. The number of fused-ring (bicyclic) bond motifs is 1. The first-order valence-corrected chi connectivity index (χ1v) is 9.33. The lowest BCUT2D eigenvalue weighted by atomic mass is 9.83. The second-order valence-corrected chi connectivity index (χ2v) is 7.20. The Labute approximate surface area is 165 Å². The van der Waals surface area contributed by atoms with Gasteiger partial charge in [0.25, 0.3) is 0 Å². The molecule has 1 heterocycles. The molecule has 0 radical (unpaired) electrons. The maximum Gasteiger partial charge on any atom is 0.342 e. The summed E-state index contributed by atoms with van der Waals surface area (Å²) in [6.07, 6.45) is 1.57. The Hall–Kier alpha value is -3.08. The number of carbonyl (C=O) groups is 2. The number of benzene rings is 2. The molecular formula is C23H25NO4. The minimum Gasteiger partial charge on any atom is -0.493 e. The summed E-state index contributed by atoms with van der Waals surface area (Å²) in [5.74, 6) is -0.379. The molecule has 0 bridgehead atoms. The van der Waals surface area contributed by atoms with E-state index >= 15 is 0 Å². The van der Waals surface area contributed by atoms with Crippen LogP contribution in [0.5, 0.6) is 5.75 Å². The maximum absolute atomic E-state index is 12.5. The third kappa shape index (κ3) is 3.65. The van der Waals surface area contributed by atoms with E-state index in [9.17, 15) is 9.59 Å².